The van der Waals surface area contributed by atoms with Gasteiger partial charge >= 0.3 is 0 Å². The zero-order valence-electron chi connectivity index (χ0n) is 13.3. The van der Waals surface area contributed by atoms with Crippen LogP contribution in [0.3, 0.4) is 0 Å². The number of ketones is 1. The smallest absolute Gasteiger partial charge is 0.255 e. The number of benzene rings is 2. The van der Waals surface area contributed by atoms with E-state index in [0.717, 1.165) is 18.0 Å². The number of rotatable bonds is 6. The maximum atomic E-state index is 12.5. The molecule has 0 saturated carbocycles. The van der Waals surface area contributed by atoms with Crippen LogP contribution in [0, 0.1) is 5.41 Å². The molecule has 0 radical (unpaired) electrons. The second-order valence-corrected chi connectivity index (χ2v) is 5.75. The molecule has 0 heterocycles. The average Bonchev–Trinajstić information content (AvgIpc) is 2.64. The first kappa shape index (κ1) is 22.1. The third-order valence-electron chi connectivity index (χ3n) is 3.39. The van der Waals surface area contributed by atoms with E-state index in [-0.39, 0.29) is 43.1 Å². The Labute approximate surface area is 174 Å². The summed E-state index contributed by atoms with van der Waals surface area (Å²) >= 11 is 11.7. The van der Waals surface area contributed by atoms with E-state index in [0.29, 0.717) is 10.6 Å². The van der Waals surface area contributed by atoms with E-state index < -0.39 is 11.7 Å². The zero-order chi connectivity index (χ0) is 18.4. The standard InChI is InChI=1S/C18H15Cl2N3O2.Pd/c19-8-11-2-1-3-12(6-11)18(25)23-16-5-4-14(20)7-15(16)17(24)13(9-21)10-22;/h1-7,9-10H,8H2,(H4,21,22,23,24,25);/p-1. The van der Waals surface area contributed by atoms with Crippen LogP contribution < -0.4 is 5.32 Å². The van der Waals surface area contributed by atoms with Gasteiger partial charge in [-0.15, -0.1) is 11.6 Å². The van der Waals surface area contributed by atoms with Crippen molar-refractivity contribution in [3.8, 4) is 0 Å². The van der Waals surface area contributed by atoms with Gasteiger partial charge in [0.25, 0.3) is 5.91 Å². The van der Waals surface area contributed by atoms with Crippen LogP contribution in [-0.2, 0) is 26.3 Å². The van der Waals surface area contributed by atoms with Gasteiger partial charge in [0.05, 0.1) is 5.69 Å². The van der Waals surface area contributed by atoms with Crippen LogP contribution in [0.4, 0.5) is 5.69 Å². The van der Waals surface area contributed by atoms with Gasteiger partial charge in [0, 0.05) is 54.2 Å². The van der Waals surface area contributed by atoms with Gasteiger partial charge in [-0.05, 0) is 35.9 Å². The first-order chi connectivity index (χ1) is 12.0. The number of anilines is 1. The first-order valence-corrected chi connectivity index (χ1v) is 8.09. The fourth-order valence-corrected chi connectivity index (χ4v) is 2.47. The Kier molecular flexibility index (Phi) is 8.70. The Morgan fingerprint density at radius 2 is 1.92 bits per heavy atom. The summed E-state index contributed by atoms with van der Waals surface area (Å²) < 4.78 is 0. The average molecular weight is 482 g/mol. The number of alkyl halides is 1. The number of carbonyl (C=O) groups is 2. The molecule has 0 aliphatic heterocycles. The van der Waals surface area contributed by atoms with Crippen molar-refractivity contribution in [2.75, 3.05) is 5.32 Å². The molecule has 26 heavy (non-hydrogen) atoms. The molecule has 0 saturated heterocycles. The second-order valence-electron chi connectivity index (χ2n) is 5.05. The van der Waals surface area contributed by atoms with E-state index >= 15 is 0 Å². The van der Waals surface area contributed by atoms with Gasteiger partial charge in [0.1, 0.15) is 0 Å². The molecular formula is C18H14Cl2N3O2Pd-. The zero-order valence-corrected chi connectivity index (χ0v) is 16.4. The molecule has 0 aliphatic rings. The van der Waals surface area contributed by atoms with E-state index in [1.54, 1.807) is 24.3 Å². The van der Waals surface area contributed by atoms with Gasteiger partial charge in [-0.25, -0.2) is 0 Å². The summed E-state index contributed by atoms with van der Waals surface area (Å²) in [5.41, 5.74) is 8.64. The molecule has 5 nitrogen and oxygen atoms in total. The second kappa shape index (κ2) is 10.2. The van der Waals surface area contributed by atoms with Crippen molar-refractivity contribution in [2.45, 2.75) is 5.88 Å². The number of nitrogens with one attached hydrogen (secondary N) is 3. The third kappa shape index (κ3) is 5.26. The molecule has 0 bridgehead atoms. The topological polar surface area (TPSA) is 93.8 Å². The monoisotopic (exact) mass is 480 g/mol. The van der Waals surface area contributed by atoms with Gasteiger partial charge < -0.3 is 16.5 Å². The van der Waals surface area contributed by atoms with Gasteiger partial charge in [-0.2, -0.15) is 6.20 Å². The van der Waals surface area contributed by atoms with Gasteiger partial charge in [0.2, 0.25) is 0 Å². The van der Waals surface area contributed by atoms with E-state index in [1.807, 2.05) is 0 Å². The summed E-state index contributed by atoms with van der Waals surface area (Å²) in [5, 5.41) is 10.2. The molecule has 0 aliphatic carbocycles. The molecule has 1 amide bonds. The SMILES string of the molecule is N=C/C(=C\[NH-])C(=O)c1cc(Cl)ccc1NC(=O)c1cccc(CCl)c1.[Pd]. The van der Waals surface area contributed by atoms with Crippen molar-refractivity contribution in [3.05, 3.63) is 81.7 Å². The van der Waals surface area contributed by atoms with Crippen molar-refractivity contribution in [3.63, 3.8) is 0 Å². The minimum absolute atomic E-state index is 0. The number of allylic oxidation sites excluding steroid dienone is 1. The fourth-order valence-electron chi connectivity index (χ4n) is 2.13. The maximum absolute atomic E-state index is 12.5. The minimum Gasteiger partial charge on any atom is -0.704 e. The normalized spacial score (nSPS) is 10.6. The number of amides is 1. The fraction of sp³-hybridized carbons (Fsp3) is 0.0556. The molecule has 3 N–H and O–H groups in total. The molecule has 2 aromatic carbocycles. The number of hydrogen-bond acceptors (Lipinski definition) is 3. The largest absolute Gasteiger partial charge is 0.704 e. The Morgan fingerprint density at radius 1 is 1.19 bits per heavy atom. The Bertz CT molecular complexity index is 869. The summed E-state index contributed by atoms with van der Waals surface area (Å²) in [4.78, 5) is 24.9. The van der Waals surface area contributed by atoms with Gasteiger partial charge in [0.15, 0.2) is 5.78 Å². The number of carbonyl (C=O) groups excluding carboxylic acids is 2. The molecule has 0 fully saturated rings. The number of hydrogen-bond donors (Lipinski definition) is 2. The van der Waals surface area contributed by atoms with Crippen LogP contribution in [0.1, 0.15) is 26.3 Å². The molecular weight excluding hydrogens is 468 g/mol. The van der Waals surface area contributed by atoms with Crippen molar-refractivity contribution in [1.82, 2.24) is 0 Å². The summed E-state index contributed by atoms with van der Waals surface area (Å²) in [7, 11) is 0. The molecule has 138 valence electrons. The Balaban J connectivity index is 0.00000338. The van der Waals surface area contributed by atoms with Gasteiger partial charge in [-0.3, -0.25) is 9.59 Å². The van der Waals surface area contributed by atoms with E-state index in [4.69, 9.17) is 34.3 Å². The van der Waals surface area contributed by atoms with Crippen LogP contribution in [0.5, 0.6) is 0 Å². The van der Waals surface area contributed by atoms with Crippen LogP contribution in [-0.4, -0.2) is 17.9 Å². The molecule has 2 aromatic rings. The predicted octanol–water partition coefficient (Wildman–Crippen LogP) is 5.10. The van der Waals surface area contributed by atoms with Crippen LogP contribution in [0.25, 0.3) is 5.73 Å². The third-order valence-corrected chi connectivity index (χ3v) is 3.93. The summed E-state index contributed by atoms with van der Waals surface area (Å²) in [5.74, 6) is -0.699. The number of Topliss-reactive ketones (excluding diaryl/α,β-unsaturated/α-hetero) is 1. The van der Waals surface area contributed by atoms with Crippen LogP contribution in [0.2, 0.25) is 5.02 Å². The molecule has 0 unspecified atom stereocenters. The van der Waals surface area contributed by atoms with E-state index in [1.165, 1.54) is 18.2 Å². The van der Waals surface area contributed by atoms with Gasteiger partial charge in [-0.1, -0.05) is 23.7 Å². The summed E-state index contributed by atoms with van der Waals surface area (Å²) in [6.45, 7) is 0. The van der Waals surface area contributed by atoms with Crippen molar-refractivity contribution < 1.29 is 30.0 Å². The van der Waals surface area contributed by atoms with Crippen molar-refractivity contribution >= 4 is 46.8 Å². The first-order valence-electron chi connectivity index (χ1n) is 7.18. The molecule has 0 spiro atoms. The molecule has 0 aromatic heterocycles. The maximum Gasteiger partial charge on any atom is 0.255 e. The van der Waals surface area contributed by atoms with Crippen molar-refractivity contribution in [1.29, 1.82) is 5.41 Å². The molecule has 2 rings (SSSR count). The van der Waals surface area contributed by atoms with E-state index in [9.17, 15) is 9.59 Å². The van der Waals surface area contributed by atoms with Crippen LogP contribution >= 0.6 is 23.2 Å². The molecule has 8 heteroatoms. The number of halogens is 2. The predicted molar refractivity (Wildman–Crippen MR) is 101 cm³/mol. The quantitative estimate of drug-likeness (QED) is 0.198. The Hall–Kier alpha value is -1.97. The Morgan fingerprint density at radius 3 is 2.54 bits per heavy atom. The summed E-state index contributed by atoms with van der Waals surface area (Å²) in [6.07, 6.45) is 1.57. The minimum atomic E-state index is -0.572. The summed E-state index contributed by atoms with van der Waals surface area (Å²) in [6, 6.07) is 11.2. The van der Waals surface area contributed by atoms with Crippen molar-refractivity contribution in [2.24, 2.45) is 0 Å². The molecule has 0 atom stereocenters. The van der Waals surface area contributed by atoms with E-state index in [2.05, 4.69) is 5.32 Å². The van der Waals surface area contributed by atoms with Crippen LogP contribution in [0.15, 0.2) is 54.2 Å².